The first-order chi connectivity index (χ1) is 11.2. The molecule has 114 valence electrons. The molecule has 1 aliphatic carbocycles. The van der Waals surface area contributed by atoms with Crippen LogP contribution in [-0.2, 0) is 5.41 Å². The Morgan fingerprint density at radius 3 is 2.61 bits per heavy atom. The van der Waals surface area contributed by atoms with Crippen LogP contribution in [-0.4, -0.2) is 17.9 Å². The van der Waals surface area contributed by atoms with Gasteiger partial charge in [0.25, 0.3) is 0 Å². The van der Waals surface area contributed by atoms with Crippen molar-refractivity contribution in [2.75, 3.05) is 7.11 Å². The molecule has 0 unspecified atom stereocenters. The maximum absolute atomic E-state index is 13.1. The maximum atomic E-state index is 13.1. The monoisotopic (exact) mass is 303 g/mol. The third-order valence-electron chi connectivity index (χ3n) is 4.66. The van der Waals surface area contributed by atoms with Crippen molar-refractivity contribution >= 4 is 16.7 Å². The summed E-state index contributed by atoms with van der Waals surface area (Å²) in [6, 6.07) is 17.6. The number of hydrogen-bond donors (Lipinski definition) is 0. The molecule has 1 saturated carbocycles. The molecule has 3 heteroatoms. The summed E-state index contributed by atoms with van der Waals surface area (Å²) in [5.74, 6) is 0.923. The largest absolute Gasteiger partial charge is 0.496 e. The summed E-state index contributed by atoms with van der Waals surface area (Å²) in [5, 5.41) is 0.995. The Kier molecular flexibility index (Phi) is 3.15. The Labute approximate surface area is 134 Å². The second-order valence-electron chi connectivity index (χ2n) is 6.03. The Morgan fingerprint density at radius 1 is 1.09 bits per heavy atom. The van der Waals surface area contributed by atoms with Gasteiger partial charge in [-0.15, -0.1) is 0 Å². The molecule has 1 aromatic heterocycles. The first kappa shape index (κ1) is 13.9. The van der Waals surface area contributed by atoms with Crippen LogP contribution in [0.4, 0.5) is 0 Å². The highest BCUT2D eigenvalue weighted by atomic mass is 16.5. The van der Waals surface area contributed by atoms with Crippen molar-refractivity contribution in [2.45, 2.75) is 18.3 Å². The molecule has 0 N–H and O–H groups in total. The Balaban J connectivity index is 1.78. The topological polar surface area (TPSA) is 39.2 Å². The number of ketones is 1. The van der Waals surface area contributed by atoms with Gasteiger partial charge in [0, 0.05) is 22.7 Å². The molecule has 2 aromatic carbocycles. The van der Waals surface area contributed by atoms with Gasteiger partial charge in [0.1, 0.15) is 5.75 Å². The zero-order valence-corrected chi connectivity index (χ0v) is 13.0. The number of aromatic nitrogens is 1. The van der Waals surface area contributed by atoms with E-state index in [9.17, 15) is 4.79 Å². The first-order valence-electron chi connectivity index (χ1n) is 7.78. The van der Waals surface area contributed by atoms with Crippen LogP contribution in [0.2, 0.25) is 0 Å². The quantitative estimate of drug-likeness (QED) is 0.679. The van der Waals surface area contributed by atoms with Crippen LogP contribution in [0.15, 0.2) is 60.8 Å². The van der Waals surface area contributed by atoms with E-state index in [-0.39, 0.29) is 5.78 Å². The van der Waals surface area contributed by atoms with Gasteiger partial charge in [-0.1, -0.05) is 36.4 Å². The number of benzene rings is 2. The van der Waals surface area contributed by atoms with Crippen LogP contribution in [0, 0.1) is 0 Å². The number of hydrogen-bond acceptors (Lipinski definition) is 3. The van der Waals surface area contributed by atoms with Gasteiger partial charge in [-0.05, 0) is 31.0 Å². The van der Waals surface area contributed by atoms with Gasteiger partial charge in [0.15, 0.2) is 5.78 Å². The maximum Gasteiger partial charge on any atom is 0.175 e. The molecule has 1 heterocycles. The van der Waals surface area contributed by atoms with E-state index in [2.05, 4.69) is 4.98 Å². The molecule has 0 spiro atoms. The average Bonchev–Trinajstić information content (AvgIpc) is 3.42. The molecule has 0 aliphatic heterocycles. The van der Waals surface area contributed by atoms with Crippen LogP contribution in [0.5, 0.6) is 5.75 Å². The predicted octanol–water partition coefficient (Wildman–Crippen LogP) is 4.16. The Morgan fingerprint density at radius 2 is 1.83 bits per heavy atom. The van der Waals surface area contributed by atoms with Crippen LogP contribution >= 0.6 is 0 Å². The number of ether oxygens (including phenoxy) is 1. The minimum atomic E-state index is -0.448. The molecule has 3 aromatic rings. The zero-order valence-electron chi connectivity index (χ0n) is 13.0. The number of rotatable bonds is 4. The number of carbonyl (C=O) groups is 1. The molecule has 0 radical (unpaired) electrons. The lowest BCUT2D eigenvalue weighted by atomic mass is 9.87. The highest BCUT2D eigenvalue weighted by molar-refractivity contribution is 6.07. The van der Waals surface area contributed by atoms with Crippen LogP contribution < -0.4 is 4.74 Å². The SMILES string of the molecule is COc1ccccc1C1(C(=O)c2cnc3ccccc3c2)CC1. The number of para-hydroxylation sites is 2. The van der Waals surface area contributed by atoms with E-state index >= 15 is 0 Å². The van der Waals surface area contributed by atoms with E-state index in [0.29, 0.717) is 5.56 Å². The fourth-order valence-electron chi connectivity index (χ4n) is 3.26. The van der Waals surface area contributed by atoms with E-state index in [0.717, 1.165) is 35.1 Å². The van der Waals surface area contributed by atoms with Gasteiger partial charge >= 0.3 is 0 Å². The van der Waals surface area contributed by atoms with E-state index in [1.165, 1.54) is 0 Å². The van der Waals surface area contributed by atoms with E-state index in [4.69, 9.17) is 4.74 Å². The smallest absolute Gasteiger partial charge is 0.175 e. The van der Waals surface area contributed by atoms with Gasteiger partial charge in [0.2, 0.25) is 0 Å². The van der Waals surface area contributed by atoms with E-state index < -0.39 is 5.41 Å². The molecule has 4 rings (SSSR count). The highest BCUT2D eigenvalue weighted by Gasteiger charge is 2.52. The Bertz CT molecular complexity index is 897. The van der Waals surface area contributed by atoms with Crippen molar-refractivity contribution in [3.8, 4) is 5.75 Å². The molecule has 1 fully saturated rings. The number of Topliss-reactive ketones (excluding diaryl/α,β-unsaturated/α-hetero) is 1. The third kappa shape index (κ3) is 2.20. The van der Waals surface area contributed by atoms with Crippen molar-refractivity contribution in [2.24, 2.45) is 0 Å². The minimum absolute atomic E-state index is 0.139. The van der Waals surface area contributed by atoms with E-state index in [1.54, 1.807) is 13.3 Å². The van der Waals surface area contributed by atoms with Crippen LogP contribution in [0.1, 0.15) is 28.8 Å². The van der Waals surface area contributed by atoms with Crippen LogP contribution in [0.25, 0.3) is 10.9 Å². The number of pyridine rings is 1. The average molecular weight is 303 g/mol. The number of methoxy groups -OCH3 is 1. The second-order valence-corrected chi connectivity index (χ2v) is 6.03. The van der Waals surface area contributed by atoms with E-state index in [1.807, 2.05) is 54.6 Å². The van der Waals surface area contributed by atoms with Crippen molar-refractivity contribution < 1.29 is 9.53 Å². The van der Waals surface area contributed by atoms with Gasteiger partial charge in [-0.2, -0.15) is 0 Å². The Hall–Kier alpha value is -2.68. The highest BCUT2D eigenvalue weighted by Crippen LogP contribution is 2.53. The third-order valence-corrected chi connectivity index (χ3v) is 4.66. The fourth-order valence-corrected chi connectivity index (χ4v) is 3.26. The summed E-state index contributed by atoms with van der Waals surface area (Å²) in [7, 11) is 1.65. The molecule has 0 bridgehead atoms. The lowest BCUT2D eigenvalue weighted by molar-refractivity contribution is 0.0944. The normalized spacial score (nSPS) is 15.3. The van der Waals surface area contributed by atoms with Crippen molar-refractivity contribution in [1.29, 1.82) is 0 Å². The van der Waals surface area contributed by atoms with Crippen molar-refractivity contribution in [1.82, 2.24) is 4.98 Å². The summed E-state index contributed by atoms with van der Waals surface area (Å²) < 4.78 is 5.46. The molecule has 3 nitrogen and oxygen atoms in total. The molecule has 1 aliphatic rings. The standard InChI is InChI=1S/C20H17NO2/c1-23-18-9-5-3-7-16(18)20(10-11-20)19(22)15-12-14-6-2-4-8-17(14)21-13-15/h2-9,12-13H,10-11H2,1H3. The van der Waals surface area contributed by atoms with Crippen LogP contribution in [0.3, 0.4) is 0 Å². The summed E-state index contributed by atoms with van der Waals surface area (Å²) in [5.41, 5.74) is 2.12. The molecular formula is C20H17NO2. The number of fused-ring (bicyclic) bond motifs is 1. The predicted molar refractivity (Wildman–Crippen MR) is 90.0 cm³/mol. The van der Waals surface area contributed by atoms with Gasteiger partial charge in [-0.25, -0.2) is 0 Å². The first-order valence-corrected chi connectivity index (χ1v) is 7.78. The molecule has 0 atom stereocenters. The van der Waals surface area contributed by atoms with Crippen molar-refractivity contribution in [3.05, 3.63) is 71.9 Å². The number of nitrogens with zero attached hydrogens (tertiary/aromatic N) is 1. The lowest BCUT2D eigenvalue weighted by Gasteiger charge is -2.18. The van der Waals surface area contributed by atoms with Gasteiger partial charge < -0.3 is 4.74 Å². The number of carbonyl (C=O) groups excluding carboxylic acids is 1. The summed E-state index contributed by atoms with van der Waals surface area (Å²) in [6.45, 7) is 0. The molecule has 0 amide bonds. The molecular weight excluding hydrogens is 286 g/mol. The lowest BCUT2D eigenvalue weighted by Crippen LogP contribution is -2.21. The minimum Gasteiger partial charge on any atom is -0.496 e. The second kappa shape index (κ2) is 5.20. The zero-order chi connectivity index (χ0) is 15.9. The molecule has 0 saturated heterocycles. The van der Waals surface area contributed by atoms with Gasteiger partial charge in [0.05, 0.1) is 18.0 Å². The van der Waals surface area contributed by atoms with Gasteiger partial charge in [-0.3, -0.25) is 9.78 Å². The van der Waals surface area contributed by atoms with Crippen molar-refractivity contribution in [3.63, 3.8) is 0 Å². The molecule has 23 heavy (non-hydrogen) atoms. The summed E-state index contributed by atoms with van der Waals surface area (Å²) in [6.07, 6.45) is 3.41. The summed E-state index contributed by atoms with van der Waals surface area (Å²) >= 11 is 0. The summed E-state index contributed by atoms with van der Waals surface area (Å²) in [4.78, 5) is 17.6. The fraction of sp³-hybridized carbons (Fsp3) is 0.200.